The predicted octanol–water partition coefficient (Wildman–Crippen LogP) is -8.95. The summed E-state index contributed by atoms with van der Waals surface area (Å²) < 4.78 is 0. The Morgan fingerprint density at radius 2 is 0.652 bits per heavy atom. The Hall–Kier alpha value is -0.675. The van der Waals surface area contributed by atoms with Crippen LogP contribution in [-0.2, 0) is 14.4 Å². The maximum Gasteiger partial charge on any atom is 3.00 e. The van der Waals surface area contributed by atoms with Gasteiger partial charge in [0.05, 0.1) is 36.2 Å². The zero-order chi connectivity index (χ0) is 15.5. The summed E-state index contributed by atoms with van der Waals surface area (Å²) in [6.45, 7) is 3.40. The summed E-state index contributed by atoms with van der Waals surface area (Å²) in [6, 6.07) is 0. The van der Waals surface area contributed by atoms with Crippen molar-refractivity contribution in [2.45, 2.75) is 39.1 Å². The third kappa shape index (κ3) is 62.1. The Morgan fingerprint density at radius 1 is 0.609 bits per heavy atom. The topological polar surface area (TPSA) is 307 Å². The van der Waals surface area contributed by atoms with E-state index in [0.29, 0.717) is 0 Å². The number of aliphatic carboxylic acids is 3. The van der Waals surface area contributed by atoms with Crippen LogP contribution in [-0.4, -0.2) is 73.4 Å². The summed E-state index contributed by atoms with van der Waals surface area (Å²) in [5.41, 5.74) is 0. The van der Waals surface area contributed by atoms with Crippen molar-refractivity contribution < 1.29 is 103 Å². The van der Waals surface area contributed by atoms with Crippen molar-refractivity contribution in [2.75, 3.05) is 0 Å². The average Bonchev–Trinajstić information content (AvgIpc) is 2.18. The van der Waals surface area contributed by atoms with Gasteiger partial charge in [-0.05, 0) is 20.8 Å². The van der Waals surface area contributed by atoms with Crippen molar-refractivity contribution >= 4 is 17.9 Å². The first-order valence-electron chi connectivity index (χ1n) is 4.60. The van der Waals surface area contributed by atoms with Gasteiger partial charge in [-0.3, -0.25) is 0 Å². The van der Waals surface area contributed by atoms with Crippen LogP contribution >= 0.6 is 0 Å². The molecule has 0 amide bonds. The van der Waals surface area contributed by atoms with E-state index in [1.54, 1.807) is 0 Å². The molecule has 0 aromatic carbocycles. The van der Waals surface area contributed by atoms with Crippen LogP contribution in [0, 0.1) is 35.6 Å². The molecule has 0 aliphatic rings. The maximum atomic E-state index is 9.34. The van der Waals surface area contributed by atoms with Gasteiger partial charge in [-0.25, -0.2) is 0 Å². The van der Waals surface area contributed by atoms with Crippen LogP contribution in [0.15, 0.2) is 0 Å². The van der Waals surface area contributed by atoms with E-state index < -0.39 is 36.2 Å². The monoisotopic (exact) mass is 478 g/mol. The third-order valence-corrected chi connectivity index (χ3v) is 1.02. The average molecular weight is 478 g/mol. The Balaban J connectivity index is -0.0000000221. The van der Waals surface area contributed by atoms with Gasteiger partial charge in [-0.15, -0.1) is 0 Å². The molecule has 23 heavy (non-hydrogen) atoms. The zero-order valence-electron chi connectivity index (χ0n) is 12.6. The van der Waals surface area contributed by atoms with Crippen LogP contribution in [0.2, 0.25) is 0 Å². The zero-order valence-corrected chi connectivity index (χ0v) is 16.2. The Kier molecular flexibility index (Phi) is 63.1. The van der Waals surface area contributed by atoms with Crippen molar-refractivity contribution in [3.05, 3.63) is 0 Å². The standard InChI is InChI=1S/3C3H6O3.La.4H2O/c3*1-2(4)3(5)6;;;;;/h3*2,4H,1H3,(H,5,6);;4*1H2/q;;;+3;;;;/p-3. The molecule has 0 aliphatic heterocycles. The van der Waals surface area contributed by atoms with E-state index in [1.165, 1.54) is 0 Å². The van der Waals surface area contributed by atoms with E-state index in [9.17, 15) is 29.7 Å². The Labute approximate surface area is 159 Å². The largest absolute Gasteiger partial charge is 3.00 e. The fraction of sp³-hybridized carbons (Fsp3) is 0.667. The van der Waals surface area contributed by atoms with Crippen LogP contribution in [0.1, 0.15) is 20.8 Å². The van der Waals surface area contributed by atoms with E-state index in [0.717, 1.165) is 20.8 Å². The summed E-state index contributed by atoms with van der Waals surface area (Å²) in [4.78, 5) is 28.0. The second-order valence-electron chi connectivity index (χ2n) is 2.99. The normalized spacial score (nSPS) is 10.7. The van der Waals surface area contributed by atoms with E-state index in [2.05, 4.69) is 0 Å². The van der Waals surface area contributed by atoms with Gasteiger partial charge in [0.2, 0.25) is 0 Å². The quantitative estimate of drug-likeness (QED) is 0.346. The molecule has 0 rings (SSSR count). The van der Waals surface area contributed by atoms with Crippen LogP contribution < -0.4 is 15.3 Å². The number of carboxylic acids is 3. The molecule has 3 unspecified atom stereocenters. The minimum atomic E-state index is -1.44. The molecule has 0 heterocycles. The van der Waals surface area contributed by atoms with E-state index in [1.807, 2.05) is 0 Å². The Bertz CT molecular complexity index is 223. The molecule has 140 valence electrons. The van der Waals surface area contributed by atoms with E-state index in [-0.39, 0.29) is 57.5 Å². The van der Waals surface area contributed by atoms with Crippen LogP contribution in [0.3, 0.4) is 0 Å². The van der Waals surface area contributed by atoms with Crippen LogP contribution in [0.25, 0.3) is 0 Å². The number of rotatable bonds is 3. The molecule has 0 aliphatic carbocycles. The molecule has 11 N–H and O–H groups in total. The second-order valence-corrected chi connectivity index (χ2v) is 2.99. The molecule has 0 spiro atoms. The molecule has 14 heteroatoms. The smallest absolute Gasteiger partial charge is 0.547 e. The van der Waals surface area contributed by atoms with Gasteiger partial charge in [-0.1, -0.05) is 0 Å². The number of carboxylic acid groups (broad SMARTS) is 3. The summed E-state index contributed by atoms with van der Waals surface area (Å²) in [6.07, 6.45) is -4.03. The van der Waals surface area contributed by atoms with Gasteiger partial charge in [0.15, 0.2) is 0 Å². The number of carbonyl (C=O) groups excluding carboxylic acids is 3. The molecule has 13 nitrogen and oxygen atoms in total. The molecule has 0 bridgehead atoms. The fourth-order valence-corrected chi connectivity index (χ4v) is 0. The van der Waals surface area contributed by atoms with Gasteiger partial charge in [0.25, 0.3) is 0 Å². The predicted molar refractivity (Wildman–Crippen MR) is 64.5 cm³/mol. The number of hydrogen-bond donors (Lipinski definition) is 3. The van der Waals surface area contributed by atoms with Gasteiger partial charge in [-0.2, -0.15) is 0 Å². The third-order valence-electron chi connectivity index (χ3n) is 1.02. The summed E-state index contributed by atoms with van der Waals surface area (Å²) >= 11 is 0. The molecule has 0 radical (unpaired) electrons. The van der Waals surface area contributed by atoms with E-state index >= 15 is 0 Å². The van der Waals surface area contributed by atoms with Crippen molar-refractivity contribution in [1.29, 1.82) is 0 Å². The molecule has 0 aromatic rings. The molecular weight excluding hydrogens is 455 g/mol. The van der Waals surface area contributed by atoms with E-state index in [4.69, 9.17) is 15.3 Å². The number of carbonyl (C=O) groups is 3. The van der Waals surface area contributed by atoms with Gasteiger partial charge < -0.3 is 66.9 Å². The van der Waals surface area contributed by atoms with Crippen LogP contribution in [0.5, 0.6) is 0 Å². The second kappa shape index (κ2) is 29.3. The number of hydrogen-bond acceptors (Lipinski definition) is 9. The first-order chi connectivity index (χ1) is 7.93. The minimum absolute atomic E-state index is 0. The van der Waals surface area contributed by atoms with Gasteiger partial charge in [0, 0.05) is 0 Å². The van der Waals surface area contributed by atoms with Crippen LogP contribution in [0.4, 0.5) is 0 Å². The number of aliphatic hydroxyl groups is 3. The Morgan fingerprint density at radius 3 is 0.652 bits per heavy atom. The minimum Gasteiger partial charge on any atom is -0.547 e. The molecule has 0 aromatic heterocycles. The van der Waals surface area contributed by atoms with Gasteiger partial charge >= 0.3 is 35.6 Å². The fourth-order valence-electron chi connectivity index (χ4n) is 0. The number of aliphatic hydroxyl groups excluding tert-OH is 3. The first kappa shape index (κ1) is 49.5. The molecule has 3 atom stereocenters. The van der Waals surface area contributed by atoms with Gasteiger partial charge in [0.1, 0.15) is 0 Å². The first-order valence-corrected chi connectivity index (χ1v) is 4.60. The van der Waals surface area contributed by atoms with Crippen molar-refractivity contribution in [3.63, 3.8) is 0 Å². The molecule has 0 saturated heterocycles. The molecule has 0 saturated carbocycles. The summed E-state index contributed by atoms with van der Waals surface area (Å²) in [5, 5.41) is 51.9. The SMILES string of the molecule is CC(O)C(=O)[O-].CC(O)C(=O)[O-].CC(O)C(=O)[O-].O.O.O.O.[La+3]. The van der Waals surface area contributed by atoms with Crippen molar-refractivity contribution in [1.82, 2.24) is 0 Å². The molecule has 0 fully saturated rings. The summed E-state index contributed by atoms with van der Waals surface area (Å²) in [7, 11) is 0. The van der Waals surface area contributed by atoms with Crippen molar-refractivity contribution in [3.8, 4) is 0 Å². The maximum absolute atomic E-state index is 9.34. The summed E-state index contributed by atoms with van der Waals surface area (Å²) in [5.74, 6) is -4.31. The van der Waals surface area contributed by atoms with Crippen molar-refractivity contribution in [2.24, 2.45) is 0 Å². The molecular formula is C9H23LaO13.